The molecular formula is C17H29N5O2S. The molecule has 1 saturated heterocycles. The number of aromatic nitrogens is 1. The molecule has 1 aliphatic heterocycles. The first-order chi connectivity index (χ1) is 11.9. The van der Waals surface area contributed by atoms with E-state index >= 15 is 0 Å². The number of hydrogen-bond acceptors (Lipinski definition) is 4. The van der Waals surface area contributed by atoms with Crippen LogP contribution in [0.1, 0.15) is 27.2 Å². The van der Waals surface area contributed by atoms with Gasteiger partial charge in [-0.15, -0.1) is 0 Å². The molecule has 140 valence electrons. The summed E-state index contributed by atoms with van der Waals surface area (Å²) in [6.45, 7) is 9.96. The molecular weight excluding hydrogens is 338 g/mol. The van der Waals surface area contributed by atoms with Crippen LogP contribution in [-0.4, -0.2) is 57.0 Å². The topological polar surface area (TPSA) is 86.7 Å². The number of hydrogen-bond donors (Lipinski definition) is 2. The van der Waals surface area contributed by atoms with Gasteiger partial charge in [0.1, 0.15) is 4.90 Å². The Kier molecular flexibility index (Phi) is 7.19. The van der Waals surface area contributed by atoms with E-state index in [-0.39, 0.29) is 11.4 Å². The molecule has 0 aromatic carbocycles. The Morgan fingerprint density at radius 1 is 1.36 bits per heavy atom. The Morgan fingerprint density at radius 3 is 2.68 bits per heavy atom. The second-order valence-electron chi connectivity index (χ2n) is 6.67. The van der Waals surface area contributed by atoms with Crippen molar-refractivity contribution >= 4 is 16.0 Å². The van der Waals surface area contributed by atoms with E-state index in [1.165, 1.54) is 18.7 Å². The van der Waals surface area contributed by atoms with Gasteiger partial charge in [0.15, 0.2) is 5.96 Å². The maximum absolute atomic E-state index is 12.2. The molecule has 1 fully saturated rings. The fraction of sp³-hybridized carbons (Fsp3) is 0.647. The zero-order chi connectivity index (χ0) is 18.3. The molecule has 25 heavy (non-hydrogen) atoms. The minimum absolute atomic E-state index is 0.171. The van der Waals surface area contributed by atoms with Crippen LogP contribution in [0.5, 0.6) is 0 Å². The van der Waals surface area contributed by atoms with Gasteiger partial charge in [-0.1, -0.05) is 13.8 Å². The number of likely N-dealkylation sites (tertiary alicyclic amines) is 1. The van der Waals surface area contributed by atoms with E-state index < -0.39 is 10.0 Å². The predicted molar refractivity (Wildman–Crippen MR) is 99.9 cm³/mol. The number of nitrogens with one attached hydrogen (secondary N) is 2. The predicted octanol–water partition coefficient (Wildman–Crippen LogP) is 1.30. The first-order valence-electron chi connectivity index (χ1n) is 8.85. The minimum Gasteiger partial charge on any atom is -0.357 e. The lowest BCUT2D eigenvalue weighted by molar-refractivity contribution is 0.208. The molecule has 0 bridgehead atoms. The van der Waals surface area contributed by atoms with Crippen molar-refractivity contribution in [2.75, 3.05) is 32.7 Å². The van der Waals surface area contributed by atoms with Gasteiger partial charge in [-0.3, -0.25) is 9.98 Å². The van der Waals surface area contributed by atoms with Crippen LogP contribution in [0.25, 0.3) is 0 Å². The van der Waals surface area contributed by atoms with E-state index in [2.05, 4.69) is 38.8 Å². The van der Waals surface area contributed by atoms with Crippen LogP contribution in [0.3, 0.4) is 0 Å². The molecule has 0 saturated carbocycles. The van der Waals surface area contributed by atoms with Gasteiger partial charge < -0.3 is 10.2 Å². The van der Waals surface area contributed by atoms with Gasteiger partial charge in [-0.05, 0) is 37.3 Å². The molecule has 1 aromatic rings. The lowest BCUT2D eigenvalue weighted by Crippen LogP contribution is -2.48. The number of piperidine rings is 1. The minimum atomic E-state index is -3.53. The molecule has 2 heterocycles. The van der Waals surface area contributed by atoms with Crippen LogP contribution in [0.2, 0.25) is 0 Å². The Hall–Kier alpha value is -1.67. The monoisotopic (exact) mass is 367 g/mol. The number of nitrogens with zero attached hydrogens (tertiary/aromatic N) is 3. The van der Waals surface area contributed by atoms with Gasteiger partial charge in [0.2, 0.25) is 10.0 Å². The summed E-state index contributed by atoms with van der Waals surface area (Å²) in [5, 5.41) is 3.31. The Morgan fingerprint density at radius 2 is 2.08 bits per heavy atom. The lowest BCUT2D eigenvalue weighted by atomic mass is 9.92. The van der Waals surface area contributed by atoms with Crippen LogP contribution >= 0.6 is 0 Å². The van der Waals surface area contributed by atoms with Crippen molar-refractivity contribution in [1.82, 2.24) is 19.9 Å². The summed E-state index contributed by atoms with van der Waals surface area (Å²) in [4.78, 5) is 10.9. The lowest BCUT2D eigenvalue weighted by Gasteiger charge is -2.37. The van der Waals surface area contributed by atoms with E-state index in [1.807, 2.05) is 6.92 Å². The first kappa shape index (κ1) is 19.7. The van der Waals surface area contributed by atoms with Gasteiger partial charge in [0, 0.05) is 38.6 Å². The second kappa shape index (κ2) is 9.15. The van der Waals surface area contributed by atoms with E-state index in [0.717, 1.165) is 25.6 Å². The SMILES string of the molecule is CCNC(=NCCNS(=O)(=O)c1cccnc1)N1CC(C)CC(C)C1. The Bertz CT molecular complexity index is 653. The highest BCUT2D eigenvalue weighted by molar-refractivity contribution is 7.89. The molecule has 2 rings (SSSR count). The molecule has 0 aliphatic carbocycles. The van der Waals surface area contributed by atoms with Gasteiger partial charge in [-0.25, -0.2) is 13.1 Å². The number of sulfonamides is 1. The summed E-state index contributed by atoms with van der Waals surface area (Å²) < 4.78 is 26.9. The van der Waals surface area contributed by atoms with Crippen LogP contribution in [-0.2, 0) is 10.0 Å². The Labute approximate surface area is 151 Å². The van der Waals surface area contributed by atoms with Crippen LogP contribution in [0.15, 0.2) is 34.4 Å². The zero-order valence-electron chi connectivity index (χ0n) is 15.3. The molecule has 2 atom stereocenters. The fourth-order valence-corrected chi connectivity index (χ4v) is 4.18. The first-order valence-corrected chi connectivity index (χ1v) is 10.3. The zero-order valence-corrected chi connectivity index (χ0v) is 16.1. The normalized spacial score (nSPS) is 22.0. The summed E-state index contributed by atoms with van der Waals surface area (Å²) in [6.07, 6.45) is 4.12. The fourth-order valence-electron chi connectivity index (χ4n) is 3.19. The van der Waals surface area contributed by atoms with Crippen molar-refractivity contribution in [3.05, 3.63) is 24.5 Å². The third-order valence-electron chi connectivity index (χ3n) is 4.11. The van der Waals surface area contributed by atoms with E-state index in [9.17, 15) is 8.42 Å². The summed E-state index contributed by atoms with van der Waals surface area (Å²) in [6, 6.07) is 3.13. The van der Waals surface area contributed by atoms with E-state index in [4.69, 9.17) is 0 Å². The summed E-state index contributed by atoms with van der Waals surface area (Å²) in [5.74, 6) is 2.13. The summed E-state index contributed by atoms with van der Waals surface area (Å²) in [7, 11) is -3.53. The molecule has 1 aliphatic rings. The van der Waals surface area contributed by atoms with Crippen molar-refractivity contribution in [3.63, 3.8) is 0 Å². The summed E-state index contributed by atoms with van der Waals surface area (Å²) >= 11 is 0. The van der Waals surface area contributed by atoms with Gasteiger partial charge in [0.05, 0.1) is 6.54 Å². The molecule has 0 amide bonds. The largest absolute Gasteiger partial charge is 0.357 e. The van der Waals surface area contributed by atoms with Crippen molar-refractivity contribution < 1.29 is 8.42 Å². The molecule has 1 aromatic heterocycles. The summed E-state index contributed by atoms with van der Waals surface area (Å²) in [5.41, 5.74) is 0. The number of rotatable bonds is 6. The smallest absolute Gasteiger partial charge is 0.242 e. The highest BCUT2D eigenvalue weighted by atomic mass is 32.2. The molecule has 2 N–H and O–H groups in total. The average molecular weight is 368 g/mol. The maximum Gasteiger partial charge on any atom is 0.242 e. The highest BCUT2D eigenvalue weighted by Crippen LogP contribution is 2.20. The van der Waals surface area contributed by atoms with Crippen molar-refractivity contribution in [2.24, 2.45) is 16.8 Å². The second-order valence-corrected chi connectivity index (χ2v) is 8.44. The quantitative estimate of drug-likeness (QED) is 0.450. The third kappa shape index (κ3) is 5.97. The van der Waals surface area contributed by atoms with Crippen molar-refractivity contribution in [1.29, 1.82) is 0 Å². The molecule has 2 unspecified atom stereocenters. The molecule has 8 heteroatoms. The highest BCUT2D eigenvalue weighted by Gasteiger charge is 2.24. The average Bonchev–Trinajstić information content (AvgIpc) is 2.57. The number of aliphatic imine (C=N–C) groups is 1. The van der Waals surface area contributed by atoms with Gasteiger partial charge in [-0.2, -0.15) is 0 Å². The molecule has 0 spiro atoms. The van der Waals surface area contributed by atoms with Crippen LogP contribution in [0.4, 0.5) is 0 Å². The van der Waals surface area contributed by atoms with Crippen LogP contribution in [0, 0.1) is 11.8 Å². The van der Waals surface area contributed by atoms with Crippen molar-refractivity contribution in [2.45, 2.75) is 32.1 Å². The standard InChI is InChI=1S/C17H29N5O2S/c1-4-19-17(22-12-14(2)10-15(3)13-22)20-8-9-21-25(23,24)16-6-5-7-18-11-16/h5-7,11,14-15,21H,4,8-10,12-13H2,1-3H3,(H,19,20). The number of guanidine groups is 1. The third-order valence-corrected chi connectivity index (χ3v) is 5.56. The molecule has 7 nitrogen and oxygen atoms in total. The Balaban J connectivity index is 1.93. The number of pyridine rings is 1. The van der Waals surface area contributed by atoms with Crippen molar-refractivity contribution in [3.8, 4) is 0 Å². The van der Waals surface area contributed by atoms with E-state index in [0.29, 0.717) is 18.4 Å². The maximum atomic E-state index is 12.2. The van der Waals surface area contributed by atoms with Crippen LogP contribution < -0.4 is 10.0 Å². The van der Waals surface area contributed by atoms with E-state index in [1.54, 1.807) is 12.3 Å². The van der Waals surface area contributed by atoms with Gasteiger partial charge >= 0.3 is 0 Å². The van der Waals surface area contributed by atoms with Gasteiger partial charge in [0.25, 0.3) is 0 Å². The molecule has 0 radical (unpaired) electrons.